The Labute approximate surface area is 132 Å². The predicted molar refractivity (Wildman–Crippen MR) is 88.4 cm³/mol. The maximum absolute atomic E-state index is 12.4. The minimum absolute atomic E-state index is 0.113. The number of aromatic nitrogens is 2. The van der Waals surface area contributed by atoms with E-state index in [0.717, 1.165) is 22.2 Å². The molecule has 0 bridgehead atoms. The molecule has 6 heteroatoms. The number of fused-ring (bicyclic) bond motifs is 2. The van der Waals surface area contributed by atoms with E-state index < -0.39 is 5.97 Å². The Bertz CT molecular complexity index is 982. The molecule has 6 nitrogen and oxygen atoms in total. The van der Waals surface area contributed by atoms with Gasteiger partial charge in [-0.3, -0.25) is 4.79 Å². The molecule has 0 radical (unpaired) electrons. The normalized spacial score (nSPS) is 11.1. The summed E-state index contributed by atoms with van der Waals surface area (Å²) in [5.41, 5.74) is 3.21. The molecule has 2 heterocycles. The average Bonchev–Trinajstić information content (AvgIpc) is 2.80. The molecule has 3 rings (SSSR count). The van der Waals surface area contributed by atoms with E-state index in [1.165, 1.54) is 13.2 Å². The Hall–Kier alpha value is -2.76. The molecule has 0 saturated carbocycles. The molecular weight excluding hydrogens is 296 g/mol. The van der Waals surface area contributed by atoms with Crippen LogP contribution in [-0.4, -0.2) is 29.7 Å². The number of hydrogen-bond acceptors (Lipinski definition) is 4. The highest BCUT2D eigenvalue weighted by Crippen LogP contribution is 2.34. The molecule has 0 unspecified atom stereocenters. The van der Waals surface area contributed by atoms with E-state index in [2.05, 4.69) is 9.97 Å². The smallest absolute Gasteiger partial charge is 0.354 e. The van der Waals surface area contributed by atoms with E-state index in [1.54, 1.807) is 6.92 Å². The summed E-state index contributed by atoms with van der Waals surface area (Å²) in [4.78, 5) is 30.6. The Morgan fingerprint density at radius 2 is 1.83 bits per heavy atom. The highest BCUT2D eigenvalue weighted by molar-refractivity contribution is 6.04. The van der Waals surface area contributed by atoms with Crippen molar-refractivity contribution >= 4 is 27.8 Å². The molecule has 120 valence electrons. The van der Waals surface area contributed by atoms with Crippen molar-refractivity contribution < 1.29 is 14.3 Å². The van der Waals surface area contributed by atoms with Gasteiger partial charge in [0.15, 0.2) is 11.2 Å². The van der Waals surface area contributed by atoms with Crippen LogP contribution in [0.5, 0.6) is 5.75 Å². The largest absolute Gasteiger partial charge is 0.492 e. The molecule has 2 aromatic heterocycles. The topological polar surface area (TPSA) is 84.2 Å². The van der Waals surface area contributed by atoms with Gasteiger partial charge in [0.05, 0.1) is 30.1 Å². The monoisotopic (exact) mass is 314 g/mol. The number of nitrogens with one attached hydrogen (secondary N) is 2. The first-order chi connectivity index (χ1) is 11.0. The maximum atomic E-state index is 12.4. The van der Waals surface area contributed by atoms with Crippen molar-refractivity contribution in [2.24, 2.45) is 0 Å². The van der Waals surface area contributed by atoms with E-state index in [1.807, 2.05) is 19.9 Å². The zero-order chi connectivity index (χ0) is 16.7. The molecule has 0 aliphatic carbocycles. The van der Waals surface area contributed by atoms with Crippen LogP contribution in [0.4, 0.5) is 0 Å². The number of pyridine rings is 1. The summed E-state index contributed by atoms with van der Waals surface area (Å²) in [5.74, 6) is -0.0514. The number of H-pyrrole nitrogens is 2. The zero-order valence-corrected chi connectivity index (χ0v) is 13.5. The molecule has 0 spiro atoms. The van der Waals surface area contributed by atoms with Gasteiger partial charge in [0.1, 0.15) is 5.69 Å². The highest BCUT2D eigenvalue weighted by Gasteiger charge is 2.18. The van der Waals surface area contributed by atoms with E-state index in [0.29, 0.717) is 16.7 Å². The Balaban J connectivity index is 2.42. The summed E-state index contributed by atoms with van der Waals surface area (Å²) >= 11 is 0. The van der Waals surface area contributed by atoms with Crippen LogP contribution in [0.1, 0.15) is 28.7 Å². The molecule has 0 atom stereocenters. The van der Waals surface area contributed by atoms with Gasteiger partial charge in [0, 0.05) is 17.1 Å². The van der Waals surface area contributed by atoms with Crippen LogP contribution in [0, 0.1) is 13.8 Å². The van der Waals surface area contributed by atoms with Gasteiger partial charge in [-0.15, -0.1) is 0 Å². The summed E-state index contributed by atoms with van der Waals surface area (Å²) in [6.07, 6.45) is 0. The molecule has 0 aliphatic heterocycles. The maximum Gasteiger partial charge on any atom is 0.354 e. The summed E-state index contributed by atoms with van der Waals surface area (Å²) in [6, 6.07) is 3.08. The van der Waals surface area contributed by atoms with Crippen molar-refractivity contribution in [3.63, 3.8) is 0 Å². The van der Waals surface area contributed by atoms with E-state index in [9.17, 15) is 9.59 Å². The van der Waals surface area contributed by atoms with Gasteiger partial charge < -0.3 is 19.4 Å². The van der Waals surface area contributed by atoms with Crippen LogP contribution in [-0.2, 0) is 4.74 Å². The molecule has 0 fully saturated rings. The minimum atomic E-state index is -0.563. The number of benzene rings is 1. The summed E-state index contributed by atoms with van der Waals surface area (Å²) in [7, 11) is 1.54. The van der Waals surface area contributed by atoms with Gasteiger partial charge in [-0.1, -0.05) is 0 Å². The minimum Gasteiger partial charge on any atom is -0.492 e. The fourth-order valence-electron chi connectivity index (χ4n) is 2.78. The SMILES string of the molecule is CCOC(=O)c1cc(=O)c2cc3c(C)c(C)[nH]c3c(OC)c2[nH]1. The molecule has 3 aromatic rings. The van der Waals surface area contributed by atoms with Gasteiger partial charge in [0.2, 0.25) is 0 Å². The van der Waals surface area contributed by atoms with E-state index in [-0.39, 0.29) is 17.7 Å². The van der Waals surface area contributed by atoms with Crippen molar-refractivity contribution in [2.45, 2.75) is 20.8 Å². The van der Waals surface area contributed by atoms with Gasteiger partial charge in [-0.25, -0.2) is 4.79 Å². The lowest BCUT2D eigenvalue weighted by atomic mass is 10.1. The van der Waals surface area contributed by atoms with Crippen LogP contribution in [0.25, 0.3) is 21.8 Å². The number of esters is 1. The van der Waals surface area contributed by atoms with E-state index in [4.69, 9.17) is 9.47 Å². The first-order valence-electron chi connectivity index (χ1n) is 7.38. The number of methoxy groups -OCH3 is 1. The second-order valence-corrected chi connectivity index (χ2v) is 5.40. The van der Waals surface area contributed by atoms with Crippen LogP contribution >= 0.6 is 0 Å². The molecule has 0 saturated heterocycles. The number of carbonyl (C=O) groups excluding carboxylic acids is 1. The molecular formula is C17H18N2O4. The quantitative estimate of drug-likeness (QED) is 0.728. The van der Waals surface area contributed by atoms with Crippen molar-refractivity contribution in [2.75, 3.05) is 13.7 Å². The third-order valence-corrected chi connectivity index (χ3v) is 4.06. The second kappa shape index (κ2) is 5.46. The lowest BCUT2D eigenvalue weighted by Crippen LogP contribution is -2.13. The summed E-state index contributed by atoms with van der Waals surface area (Å²) in [6.45, 7) is 5.90. The van der Waals surface area contributed by atoms with E-state index >= 15 is 0 Å². The lowest BCUT2D eigenvalue weighted by Gasteiger charge is -2.09. The van der Waals surface area contributed by atoms with Crippen LogP contribution in [0.15, 0.2) is 16.9 Å². The summed E-state index contributed by atoms with van der Waals surface area (Å²) < 4.78 is 10.5. The molecule has 2 N–H and O–H groups in total. The van der Waals surface area contributed by atoms with Gasteiger partial charge in [-0.2, -0.15) is 0 Å². The fraction of sp³-hybridized carbons (Fsp3) is 0.294. The third-order valence-electron chi connectivity index (χ3n) is 4.06. The van der Waals surface area contributed by atoms with Crippen molar-refractivity contribution in [3.05, 3.63) is 39.3 Å². The molecule has 0 amide bonds. The van der Waals surface area contributed by atoms with Crippen molar-refractivity contribution in [1.82, 2.24) is 9.97 Å². The average molecular weight is 314 g/mol. The highest BCUT2D eigenvalue weighted by atomic mass is 16.5. The number of hydrogen-bond donors (Lipinski definition) is 2. The first kappa shape index (κ1) is 15.1. The number of aromatic amines is 2. The number of aryl methyl sites for hydroxylation is 2. The second-order valence-electron chi connectivity index (χ2n) is 5.40. The number of rotatable bonds is 3. The molecule has 23 heavy (non-hydrogen) atoms. The van der Waals surface area contributed by atoms with Gasteiger partial charge >= 0.3 is 5.97 Å². The van der Waals surface area contributed by atoms with Gasteiger partial charge in [0.25, 0.3) is 0 Å². The predicted octanol–water partition coefficient (Wildman–Crippen LogP) is 2.81. The molecule has 0 aliphatic rings. The Kier molecular flexibility index (Phi) is 3.60. The number of ether oxygens (including phenoxy) is 2. The van der Waals surface area contributed by atoms with Crippen LogP contribution < -0.4 is 10.2 Å². The molecule has 1 aromatic carbocycles. The standard InChI is InChI=1S/C17H18N2O4/c1-5-23-17(21)12-7-13(20)11-6-10-8(2)9(3)18-14(10)16(22-4)15(11)19-12/h6-7,18H,5H2,1-4H3,(H,19,20). The fourth-order valence-corrected chi connectivity index (χ4v) is 2.78. The Morgan fingerprint density at radius 3 is 2.48 bits per heavy atom. The van der Waals surface area contributed by atoms with Crippen molar-refractivity contribution in [3.8, 4) is 5.75 Å². The van der Waals surface area contributed by atoms with Gasteiger partial charge in [-0.05, 0) is 32.4 Å². The zero-order valence-electron chi connectivity index (χ0n) is 13.5. The Morgan fingerprint density at radius 1 is 1.13 bits per heavy atom. The number of carbonyl (C=O) groups is 1. The first-order valence-corrected chi connectivity index (χ1v) is 7.38. The summed E-state index contributed by atoms with van der Waals surface area (Å²) in [5, 5.41) is 1.41. The van der Waals surface area contributed by atoms with Crippen LogP contribution in [0.2, 0.25) is 0 Å². The van der Waals surface area contributed by atoms with Crippen LogP contribution in [0.3, 0.4) is 0 Å². The lowest BCUT2D eigenvalue weighted by molar-refractivity contribution is 0.0520. The van der Waals surface area contributed by atoms with Crippen molar-refractivity contribution in [1.29, 1.82) is 0 Å². The third kappa shape index (κ3) is 2.27.